The molecule has 1 heterocycles. The van der Waals surface area contributed by atoms with Crippen molar-refractivity contribution >= 4 is 27.7 Å². The fourth-order valence-electron chi connectivity index (χ4n) is 2.94. The fourth-order valence-corrected chi connectivity index (χ4v) is 3.34. The highest BCUT2D eigenvalue weighted by Crippen LogP contribution is 2.28. The topological polar surface area (TPSA) is 41.6 Å². The van der Waals surface area contributed by atoms with Crippen LogP contribution in [0.2, 0.25) is 0 Å². The van der Waals surface area contributed by atoms with Crippen molar-refractivity contribution in [3.8, 4) is 0 Å². The van der Waals surface area contributed by atoms with Gasteiger partial charge in [-0.05, 0) is 58.6 Å². The summed E-state index contributed by atoms with van der Waals surface area (Å²) < 4.78 is 33.8. The Kier molecular flexibility index (Phi) is 6.30. The Balaban J connectivity index is 2.02. The zero-order valence-electron chi connectivity index (χ0n) is 15.0. The highest BCUT2D eigenvalue weighted by molar-refractivity contribution is 9.10. The minimum Gasteiger partial charge on any atom is -0.444 e. The summed E-state index contributed by atoms with van der Waals surface area (Å²) in [5.74, 6) is -1.19. The van der Waals surface area contributed by atoms with Gasteiger partial charge in [0.1, 0.15) is 22.9 Å². The lowest BCUT2D eigenvalue weighted by molar-refractivity contribution is 0.0159. The van der Waals surface area contributed by atoms with Crippen LogP contribution in [0.3, 0.4) is 0 Å². The van der Waals surface area contributed by atoms with Gasteiger partial charge < -0.3 is 15.0 Å². The monoisotopic (exact) mass is 418 g/mol. The Morgan fingerprint density at radius 3 is 2.52 bits per heavy atom. The van der Waals surface area contributed by atoms with Gasteiger partial charge in [-0.1, -0.05) is 15.9 Å². The number of ether oxygens (including phenoxy) is 1. The molecule has 140 valence electrons. The van der Waals surface area contributed by atoms with Crippen LogP contribution in [0.4, 0.5) is 19.3 Å². The second-order valence-electron chi connectivity index (χ2n) is 7.51. The van der Waals surface area contributed by atoms with E-state index in [1.165, 1.54) is 12.1 Å². The zero-order valence-corrected chi connectivity index (χ0v) is 16.6. The Morgan fingerprint density at radius 1 is 1.36 bits per heavy atom. The molecule has 1 saturated heterocycles. The summed E-state index contributed by atoms with van der Waals surface area (Å²) in [6, 6.07) is 2.27. The molecule has 1 aromatic carbocycles. The number of anilines is 1. The van der Waals surface area contributed by atoms with E-state index in [1.807, 2.05) is 27.7 Å². The normalized spacial score (nSPS) is 19.5. The van der Waals surface area contributed by atoms with Crippen molar-refractivity contribution in [1.82, 2.24) is 4.90 Å². The maximum atomic E-state index is 14.0. The van der Waals surface area contributed by atoms with Crippen LogP contribution >= 0.6 is 15.9 Å². The highest BCUT2D eigenvalue weighted by Gasteiger charge is 2.30. The van der Waals surface area contributed by atoms with E-state index >= 15 is 0 Å². The van der Waals surface area contributed by atoms with Crippen molar-refractivity contribution < 1.29 is 18.3 Å². The lowest BCUT2D eigenvalue weighted by Crippen LogP contribution is -2.46. The van der Waals surface area contributed by atoms with Crippen LogP contribution < -0.4 is 5.32 Å². The summed E-state index contributed by atoms with van der Waals surface area (Å²) in [5.41, 5.74) is -0.678. The molecule has 7 heteroatoms. The summed E-state index contributed by atoms with van der Waals surface area (Å²) in [7, 11) is 0. The van der Waals surface area contributed by atoms with E-state index < -0.39 is 17.2 Å². The molecule has 0 radical (unpaired) electrons. The number of hydrogen-bond acceptors (Lipinski definition) is 3. The Hall–Kier alpha value is -1.37. The third-order valence-corrected chi connectivity index (χ3v) is 4.65. The number of carbonyl (C=O) groups excluding carboxylic acids is 1. The highest BCUT2D eigenvalue weighted by atomic mass is 79.9. The predicted octanol–water partition coefficient (Wildman–Crippen LogP) is 5.17. The quantitative estimate of drug-likeness (QED) is 0.735. The molecule has 2 unspecified atom stereocenters. The van der Waals surface area contributed by atoms with Gasteiger partial charge in [-0.15, -0.1) is 0 Å². The maximum Gasteiger partial charge on any atom is 0.410 e. The van der Waals surface area contributed by atoms with E-state index in [0.29, 0.717) is 17.6 Å². The zero-order chi connectivity index (χ0) is 18.8. The molecule has 2 rings (SSSR count). The van der Waals surface area contributed by atoms with Crippen LogP contribution in [-0.2, 0) is 4.74 Å². The van der Waals surface area contributed by atoms with Crippen LogP contribution in [0, 0.1) is 17.6 Å². The number of amides is 1. The van der Waals surface area contributed by atoms with Crippen molar-refractivity contribution in [2.24, 2.45) is 5.92 Å². The Morgan fingerprint density at radius 2 is 1.96 bits per heavy atom. The molecule has 2 atom stereocenters. The standard InChI is InChI=1S/C18H25BrF2N2O2/c1-11(22-16-14(20)8-13(19)9-15(16)21)12-6-5-7-23(10-12)17(24)25-18(2,3)4/h8-9,11-12,22H,5-7,10H2,1-4H3. The summed E-state index contributed by atoms with van der Waals surface area (Å²) in [6.07, 6.45) is 1.37. The van der Waals surface area contributed by atoms with Gasteiger partial charge in [0, 0.05) is 23.6 Å². The van der Waals surface area contributed by atoms with Crippen LogP contribution in [0.5, 0.6) is 0 Å². The molecule has 1 aliphatic heterocycles. The Bertz CT molecular complexity index is 611. The average molecular weight is 419 g/mol. The molecule has 0 aliphatic carbocycles. The minimum absolute atomic E-state index is 0.0868. The van der Waals surface area contributed by atoms with E-state index in [2.05, 4.69) is 21.2 Å². The summed E-state index contributed by atoms with van der Waals surface area (Å²) in [5, 5.41) is 2.93. The molecule has 1 N–H and O–H groups in total. The van der Waals surface area contributed by atoms with E-state index in [4.69, 9.17) is 4.74 Å². The first-order valence-corrected chi connectivity index (χ1v) is 9.25. The maximum absolute atomic E-state index is 14.0. The first kappa shape index (κ1) is 19.9. The molecule has 4 nitrogen and oxygen atoms in total. The van der Waals surface area contributed by atoms with Crippen molar-refractivity contribution in [3.05, 3.63) is 28.2 Å². The largest absolute Gasteiger partial charge is 0.444 e. The number of likely N-dealkylation sites (tertiary alicyclic amines) is 1. The van der Waals surface area contributed by atoms with Crippen LogP contribution in [0.15, 0.2) is 16.6 Å². The molecule has 25 heavy (non-hydrogen) atoms. The molecule has 0 saturated carbocycles. The Labute approximate surface area is 156 Å². The lowest BCUT2D eigenvalue weighted by atomic mass is 9.91. The van der Waals surface area contributed by atoms with E-state index in [1.54, 1.807) is 4.90 Å². The fraction of sp³-hybridized carbons (Fsp3) is 0.611. The van der Waals surface area contributed by atoms with E-state index in [0.717, 1.165) is 12.8 Å². The third kappa shape index (κ3) is 5.56. The second kappa shape index (κ2) is 7.89. The van der Waals surface area contributed by atoms with Crippen LogP contribution in [-0.4, -0.2) is 35.7 Å². The molecule has 1 aliphatic rings. The molecule has 0 aromatic heterocycles. The van der Waals surface area contributed by atoms with Crippen molar-refractivity contribution in [2.45, 2.75) is 52.2 Å². The number of rotatable bonds is 3. The average Bonchev–Trinajstić information content (AvgIpc) is 2.49. The number of benzene rings is 1. The van der Waals surface area contributed by atoms with Crippen molar-refractivity contribution in [3.63, 3.8) is 0 Å². The smallest absolute Gasteiger partial charge is 0.410 e. The molecular formula is C18H25BrF2N2O2. The van der Waals surface area contributed by atoms with Gasteiger partial charge in [-0.25, -0.2) is 13.6 Å². The van der Waals surface area contributed by atoms with Gasteiger partial charge in [0.05, 0.1) is 0 Å². The number of nitrogens with one attached hydrogen (secondary N) is 1. The third-order valence-electron chi connectivity index (χ3n) is 4.20. The van der Waals surface area contributed by atoms with Crippen molar-refractivity contribution in [1.29, 1.82) is 0 Å². The first-order valence-electron chi connectivity index (χ1n) is 8.46. The number of piperidine rings is 1. The van der Waals surface area contributed by atoms with Gasteiger partial charge in [0.2, 0.25) is 0 Å². The van der Waals surface area contributed by atoms with Gasteiger partial charge in [-0.3, -0.25) is 0 Å². The minimum atomic E-state index is -0.640. The summed E-state index contributed by atoms with van der Waals surface area (Å²) in [4.78, 5) is 13.9. The summed E-state index contributed by atoms with van der Waals surface area (Å²) in [6.45, 7) is 8.51. The van der Waals surface area contributed by atoms with Crippen molar-refractivity contribution in [2.75, 3.05) is 18.4 Å². The molecular weight excluding hydrogens is 394 g/mol. The van der Waals surface area contributed by atoms with Gasteiger partial charge >= 0.3 is 6.09 Å². The van der Waals surface area contributed by atoms with E-state index in [-0.39, 0.29) is 23.7 Å². The predicted molar refractivity (Wildman–Crippen MR) is 97.7 cm³/mol. The van der Waals surface area contributed by atoms with Crippen LogP contribution in [0.1, 0.15) is 40.5 Å². The second-order valence-corrected chi connectivity index (χ2v) is 8.42. The first-order chi connectivity index (χ1) is 11.6. The summed E-state index contributed by atoms with van der Waals surface area (Å²) >= 11 is 3.07. The number of carbonyl (C=O) groups is 1. The number of nitrogens with zero attached hydrogens (tertiary/aromatic N) is 1. The van der Waals surface area contributed by atoms with Gasteiger partial charge in [0.15, 0.2) is 0 Å². The lowest BCUT2D eigenvalue weighted by Gasteiger charge is -2.37. The van der Waals surface area contributed by atoms with E-state index in [9.17, 15) is 13.6 Å². The molecule has 1 amide bonds. The van der Waals surface area contributed by atoms with Gasteiger partial charge in [0.25, 0.3) is 0 Å². The molecule has 0 spiro atoms. The SMILES string of the molecule is CC(Nc1c(F)cc(Br)cc1F)C1CCCN(C(=O)OC(C)(C)C)C1. The van der Waals surface area contributed by atoms with Gasteiger partial charge in [-0.2, -0.15) is 0 Å². The number of halogens is 3. The molecule has 1 aromatic rings. The number of hydrogen-bond donors (Lipinski definition) is 1. The molecule has 1 fully saturated rings. The van der Waals surface area contributed by atoms with Crippen LogP contribution in [0.25, 0.3) is 0 Å². The molecule has 0 bridgehead atoms.